The third-order valence-electron chi connectivity index (χ3n) is 4.50. The highest BCUT2D eigenvalue weighted by Gasteiger charge is 2.22. The van der Waals surface area contributed by atoms with Crippen LogP contribution >= 0.6 is 0 Å². The van der Waals surface area contributed by atoms with E-state index >= 15 is 0 Å². The van der Waals surface area contributed by atoms with Gasteiger partial charge in [0.2, 0.25) is 15.9 Å². The molecule has 0 fully saturated rings. The summed E-state index contributed by atoms with van der Waals surface area (Å²) in [5, 5.41) is 2.81. The number of carbonyl (C=O) groups excluding carboxylic acids is 1. The van der Waals surface area contributed by atoms with Crippen molar-refractivity contribution < 1.29 is 17.6 Å². The Bertz CT molecular complexity index is 929. The van der Waals surface area contributed by atoms with Gasteiger partial charge < -0.3 is 5.32 Å². The number of carbonyl (C=O) groups is 1. The van der Waals surface area contributed by atoms with Crippen LogP contribution < -0.4 is 5.32 Å². The number of benzene rings is 2. The molecule has 0 radical (unpaired) electrons. The average Bonchev–Trinajstić information content (AvgIpc) is 2.57. The molecular formula is C20H25FN2O3S. The second-order valence-electron chi connectivity index (χ2n) is 6.76. The van der Waals surface area contributed by atoms with Crippen molar-refractivity contribution in [1.29, 1.82) is 0 Å². The molecule has 0 aliphatic heterocycles. The molecule has 0 unspecified atom stereocenters. The van der Waals surface area contributed by atoms with Crippen LogP contribution in [0.3, 0.4) is 0 Å². The Labute approximate surface area is 160 Å². The predicted molar refractivity (Wildman–Crippen MR) is 104 cm³/mol. The molecule has 5 nitrogen and oxygen atoms in total. The van der Waals surface area contributed by atoms with E-state index in [9.17, 15) is 17.6 Å². The zero-order valence-electron chi connectivity index (χ0n) is 16.0. The number of hydrogen-bond acceptors (Lipinski definition) is 3. The van der Waals surface area contributed by atoms with Gasteiger partial charge in [-0.15, -0.1) is 0 Å². The summed E-state index contributed by atoms with van der Waals surface area (Å²) in [5.41, 5.74) is 3.43. The molecule has 1 N–H and O–H groups in total. The van der Waals surface area contributed by atoms with Gasteiger partial charge in [0, 0.05) is 12.1 Å². The topological polar surface area (TPSA) is 66.5 Å². The summed E-state index contributed by atoms with van der Waals surface area (Å²) in [7, 11) is -3.68. The molecule has 7 heteroatoms. The summed E-state index contributed by atoms with van der Waals surface area (Å²) in [4.78, 5) is 12.4. The number of aryl methyl sites for hydroxylation is 2. The molecule has 0 spiro atoms. The minimum atomic E-state index is -3.68. The lowest BCUT2D eigenvalue weighted by molar-refractivity contribution is -0.122. The maximum atomic E-state index is 13.9. The number of halogens is 1. The van der Waals surface area contributed by atoms with Gasteiger partial charge in [-0.25, -0.2) is 12.8 Å². The van der Waals surface area contributed by atoms with Crippen molar-refractivity contribution >= 4 is 15.9 Å². The van der Waals surface area contributed by atoms with E-state index in [1.54, 1.807) is 6.07 Å². The van der Waals surface area contributed by atoms with Gasteiger partial charge >= 0.3 is 0 Å². The zero-order chi connectivity index (χ0) is 20.2. The molecule has 2 rings (SSSR count). The fourth-order valence-corrected chi connectivity index (χ4v) is 3.40. The van der Waals surface area contributed by atoms with Crippen LogP contribution in [0.25, 0.3) is 0 Å². The van der Waals surface area contributed by atoms with Gasteiger partial charge in [0.15, 0.2) is 0 Å². The van der Waals surface area contributed by atoms with E-state index in [-0.39, 0.29) is 24.7 Å². The third kappa shape index (κ3) is 5.87. The Kier molecular flexibility index (Phi) is 6.73. The molecule has 0 aromatic heterocycles. The largest absolute Gasteiger partial charge is 0.348 e. The van der Waals surface area contributed by atoms with Crippen molar-refractivity contribution in [3.63, 3.8) is 0 Å². The lowest BCUT2D eigenvalue weighted by Gasteiger charge is -2.22. The lowest BCUT2D eigenvalue weighted by atomic mass is 10.0. The highest BCUT2D eigenvalue weighted by Crippen LogP contribution is 2.17. The van der Waals surface area contributed by atoms with Crippen LogP contribution in [0.4, 0.5) is 4.39 Å². The number of nitrogens with one attached hydrogen (secondary N) is 1. The van der Waals surface area contributed by atoms with E-state index in [1.165, 1.54) is 18.2 Å². The van der Waals surface area contributed by atoms with Crippen molar-refractivity contribution in [3.8, 4) is 0 Å². The van der Waals surface area contributed by atoms with Gasteiger partial charge in [-0.1, -0.05) is 36.4 Å². The van der Waals surface area contributed by atoms with Gasteiger partial charge in [-0.2, -0.15) is 4.31 Å². The summed E-state index contributed by atoms with van der Waals surface area (Å²) in [6.07, 6.45) is 1.01. The molecule has 2 aromatic carbocycles. The molecule has 0 aliphatic carbocycles. The molecule has 0 bridgehead atoms. The second-order valence-corrected chi connectivity index (χ2v) is 8.74. The maximum Gasteiger partial charge on any atom is 0.235 e. The van der Waals surface area contributed by atoms with Crippen molar-refractivity contribution in [2.75, 3.05) is 12.8 Å². The summed E-state index contributed by atoms with van der Waals surface area (Å²) in [5.74, 6) is -0.947. The average molecular weight is 392 g/mol. The van der Waals surface area contributed by atoms with E-state index in [1.807, 2.05) is 39.0 Å². The van der Waals surface area contributed by atoms with Crippen LogP contribution in [-0.2, 0) is 21.4 Å². The van der Waals surface area contributed by atoms with E-state index in [0.29, 0.717) is 0 Å². The lowest BCUT2D eigenvalue weighted by Crippen LogP contribution is -2.40. The number of sulfonamides is 1. The van der Waals surface area contributed by atoms with Gasteiger partial charge in [-0.3, -0.25) is 4.79 Å². The fourth-order valence-electron chi connectivity index (χ4n) is 2.67. The molecular weight excluding hydrogens is 367 g/mol. The van der Waals surface area contributed by atoms with Crippen molar-refractivity contribution in [2.45, 2.75) is 33.4 Å². The fraction of sp³-hybridized carbons (Fsp3) is 0.350. The summed E-state index contributed by atoms with van der Waals surface area (Å²) < 4.78 is 38.9. The van der Waals surface area contributed by atoms with Crippen LogP contribution in [0.2, 0.25) is 0 Å². The molecule has 1 atom stereocenters. The summed E-state index contributed by atoms with van der Waals surface area (Å²) in [6.45, 7) is 5.27. The number of nitrogens with zero attached hydrogens (tertiary/aromatic N) is 1. The number of amides is 1. The van der Waals surface area contributed by atoms with E-state index in [4.69, 9.17) is 0 Å². The summed E-state index contributed by atoms with van der Waals surface area (Å²) >= 11 is 0. The third-order valence-corrected chi connectivity index (χ3v) is 5.70. The monoisotopic (exact) mass is 392 g/mol. The second kappa shape index (κ2) is 8.63. The Balaban J connectivity index is 2.09. The standard InChI is InChI=1S/C20H25FN2O3S/c1-14-9-10-17(11-15(14)2)16(3)22-20(24)13-23(27(4,25)26)12-18-7-5-6-8-19(18)21/h5-11,16H,12-13H2,1-4H3,(H,22,24)/t16-/m0/s1. The first-order valence-electron chi connectivity index (χ1n) is 8.63. The minimum Gasteiger partial charge on any atom is -0.348 e. The Morgan fingerprint density at radius 3 is 2.41 bits per heavy atom. The van der Waals surface area contributed by atoms with Crippen LogP contribution in [0.5, 0.6) is 0 Å². The van der Waals surface area contributed by atoms with Gasteiger partial charge in [0.25, 0.3) is 0 Å². The number of hydrogen-bond donors (Lipinski definition) is 1. The maximum absolute atomic E-state index is 13.9. The van der Waals surface area contributed by atoms with E-state index in [0.717, 1.165) is 27.3 Å². The molecule has 0 saturated carbocycles. The molecule has 0 saturated heterocycles. The predicted octanol–water partition coefficient (Wildman–Crippen LogP) is 3.08. The Hall–Kier alpha value is -2.25. The normalized spacial score (nSPS) is 12.8. The van der Waals surface area contributed by atoms with Gasteiger partial charge in [-0.05, 0) is 43.5 Å². The Morgan fingerprint density at radius 2 is 1.81 bits per heavy atom. The van der Waals surface area contributed by atoms with Gasteiger partial charge in [0.05, 0.1) is 18.8 Å². The molecule has 27 heavy (non-hydrogen) atoms. The van der Waals surface area contributed by atoms with Crippen molar-refractivity contribution in [2.24, 2.45) is 0 Å². The van der Waals surface area contributed by atoms with Crippen LogP contribution in [0, 0.1) is 19.7 Å². The quantitative estimate of drug-likeness (QED) is 0.787. The van der Waals surface area contributed by atoms with Crippen molar-refractivity contribution in [3.05, 3.63) is 70.5 Å². The molecule has 1 amide bonds. The van der Waals surface area contributed by atoms with Crippen LogP contribution in [-0.4, -0.2) is 31.4 Å². The highest BCUT2D eigenvalue weighted by molar-refractivity contribution is 7.88. The molecule has 2 aromatic rings. The first-order chi connectivity index (χ1) is 12.6. The van der Waals surface area contributed by atoms with Crippen LogP contribution in [0.15, 0.2) is 42.5 Å². The summed E-state index contributed by atoms with van der Waals surface area (Å²) in [6, 6.07) is 11.6. The zero-order valence-corrected chi connectivity index (χ0v) is 16.8. The Morgan fingerprint density at radius 1 is 1.15 bits per heavy atom. The highest BCUT2D eigenvalue weighted by atomic mass is 32.2. The smallest absolute Gasteiger partial charge is 0.235 e. The van der Waals surface area contributed by atoms with Crippen LogP contribution in [0.1, 0.15) is 35.2 Å². The molecule has 0 heterocycles. The van der Waals surface area contributed by atoms with E-state index < -0.39 is 21.7 Å². The SMILES string of the molecule is Cc1ccc([C@H](C)NC(=O)CN(Cc2ccccc2F)S(C)(=O)=O)cc1C. The van der Waals surface area contributed by atoms with Gasteiger partial charge in [0.1, 0.15) is 5.82 Å². The van der Waals surface area contributed by atoms with E-state index in [2.05, 4.69) is 5.32 Å². The first-order valence-corrected chi connectivity index (χ1v) is 10.5. The first kappa shape index (κ1) is 21.1. The molecule has 146 valence electrons. The molecule has 0 aliphatic rings. The minimum absolute atomic E-state index is 0.197. The van der Waals surface area contributed by atoms with Crippen molar-refractivity contribution in [1.82, 2.24) is 9.62 Å². The number of rotatable bonds is 7.